The highest BCUT2D eigenvalue weighted by atomic mass is 16.2. The van der Waals surface area contributed by atoms with Gasteiger partial charge in [0.15, 0.2) is 0 Å². The molecule has 0 bridgehead atoms. The van der Waals surface area contributed by atoms with Crippen LogP contribution in [0.2, 0.25) is 0 Å². The van der Waals surface area contributed by atoms with E-state index in [0.717, 1.165) is 37.2 Å². The van der Waals surface area contributed by atoms with Gasteiger partial charge >= 0.3 is 0 Å². The summed E-state index contributed by atoms with van der Waals surface area (Å²) in [6.45, 7) is 3.35. The topological polar surface area (TPSA) is 74.7 Å². The summed E-state index contributed by atoms with van der Waals surface area (Å²) in [5, 5.41) is 2.90. The van der Waals surface area contributed by atoms with E-state index in [-0.39, 0.29) is 24.1 Å². The smallest absolute Gasteiger partial charge is 0.263 e. The molecule has 1 fully saturated rings. The summed E-state index contributed by atoms with van der Waals surface area (Å²) in [4.78, 5) is 41.6. The number of aromatic nitrogens is 1. The van der Waals surface area contributed by atoms with Crippen molar-refractivity contribution in [2.24, 2.45) is 0 Å². The number of carbonyl (C=O) groups is 2. The number of nitrogens with one attached hydrogen (secondary N) is 1. The molecular weight excluding hydrogens is 380 g/mol. The van der Waals surface area contributed by atoms with Gasteiger partial charge in [-0.1, -0.05) is 12.1 Å². The zero-order valence-corrected chi connectivity index (χ0v) is 17.9. The Morgan fingerprint density at radius 3 is 2.40 bits per heavy atom. The Morgan fingerprint density at radius 1 is 1.10 bits per heavy atom. The van der Waals surface area contributed by atoms with Crippen LogP contribution >= 0.6 is 0 Å². The van der Waals surface area contributed by atoms with Crippen LogP contribution in [-0.2, 0) is 17.8 Å². The van der Waals surface area contributed by atoms with Gasteiger partial charge in [-0.3, -0.25) is 14.4 Å². The number of hydrogen-bond acceptors (Lipinski definition) is 4. The number of hydrogen-bond donors (Lipinski definition) is 1. The third-order valence-corrected chi connectivity index (χ3v) is 5.40. The molecule has 3 rings (SSSR count). The maximum absolute atomic E-state index is 12.7. The summed E-state index contributed by atoms with van der Waals surface area (Å²) in [6.07, 6.45) is 4.22. The molecule has 1 aliphatic rings. The number of benzene rings is 1. The standard InChI is InChI=1S/C23H30N4O3/c1-17(15-18-8-10-19(11-9-18)25(2)3)24-22(29)20-7-6-14-27(23(20)30)16-21(28)26-12-4-5-13-26/h6-11,14,17H,4-5,12-13,15-16H2,1-3H3,(H,24,29)/t17-/m1/s1. The Kier molecular flexibility index (Phi) is 6.92. The lowest BCUT2D eigenvalue weighted by molar-refractivity contribution is -0.130. The fraction of sp³-hybridized carbons (Fsp3) is 0.435. The number of rotatable bonds is 7. The fourth-order valence-electron chi connectivity index (χ4n) is 3.68. The number of nitrogens with zero attached hydrogens (tertiary/aromatic N) is 3. The number of carbonyl (C=O) groups excluding carboxylic acids is 2. The maximum atomic E-state index is 12.7. The van der Waals surface area contributed by atoms with Crippen molar-refractivity contribution in [3.63, 3.8) is 0 Å². The summed E-state index contributed by atoms with van der Waals surface area (Å²) in [5.41, 5.74) is 1.84. The summed E-state index contributed by atoms with van der Waals surface area (Å²) < 4.78 is 1.32. The highest BCUT2D eigenvalue weighted by Gasteiger charge is 2.20. The van der Waals surface area contributed by atoms with E-state index in [2.05, 4.69) is 5.32 Å². The number of likely N-dealkylation sites (tertiary alicyclic amines) is 1. The molecular formula is C23H30N4O3. The first-order valence-corrected chi connectivity index (χ1v) is 10.4. The number of amides is 2. The summed E-state index contributed by atoms with van der Waals surface area (Å²) in [6, 6.07) is 11.2. The van der Waals surface area contributed by atoms with Gasteiger partial charge in [-0.05, 0) is 56.0 Å². The van der Waals surface area contributed by atoms with Crippen LogP contribution in [0.15, 0.2) is 47.4 Å². The third kappa shape index (κ3) is 5.28. The van der Waals surface area contributed by atoms with Gasteiger partial charge in [0.25, 0.3) is 11.5 Å². The van der Waals surface area contributed by atoms with Gasteiger partial charge in [-0.15, -0.1) is 0 Å². The first kappa shape index (κ1) is 21.6. The lowest BCUT2D eigenvalue weighted by Crippen LogP contribution is -2.40. The second kappa shape index (κ2) is 9.61. The molecule has 1 aromatic heterocycles. The molecule has 1 aromatic carbocycles. The quantitative estimate of drug-likeness (QED) is 0.757. The number of anilines is 1. The minimum Gasteiger partial charge on any atom is -0.378 e. The van der Waals surface area contributed by atoms with E-state index in [1.165, 1.54) is 10.6 Å². The minimum atomic E-state index is -0.440. The van der Waals surface area contributed by atoms with Gasteiger partial charge in [-0.25, -0.2) is 0 Å². The molecule has 0 aliphatic carbocycles. The Bertz CT molecular complexity index is 944. The molecule has 2 heterocycles. The van der Waals surface area contributed by atoms with E-state index in [1.54, 1.807) is 17.2 Å². The van der Waals surface area contributed by atoms with Crippen LogP contribution in [0, 0.1) is 0 Å². The molecule has 0 spiro atoms. The largest absolute Gasteiger partial charge is 0.378 e. The van der Waals surface area contributed by atoms with Crippen LogP contribution in [0.1, 0.15) is 35.7 Å². The fourth-order valence-corrected chi connectivity index (χ4v) is 3.68. The van der Waals surface area contributed by atoms with Crippen LogP contribution < -0.4 is 15.8 Å². The van der Waals surface area contributed by atoms with Gasteiger partial charge in [-0.2, -0.15) is 0 Å². The lowest BCUT2D eigenvalue weighted by Gasteiger charge is -2.17. The molecule has 1 N–H and O–H groups in total. The molecule has 30 heavy (non-hydrogen) atoms. The first-order valence-electron chi connectivity index (χ1n) is 10.4. The van der Waals surface area contributed by atoms with E-state index in [4.69, 9.17) is 0 Å². The molecule has 0 saturated carbocycles. The third-order valence-electron chi connectivity index (χ3n) is 5.40. The normalized spacial score (nSPS) is 14.4. The van der Waals surface area contributed by atoms with E-state index in [1.807, 2.05) is 50.2 Å². The molecule has 1 aliphatic heterocycles. The molecule has 2 amide bonds. The molecule has 2 aromatic rings. The summed E-state index contributed by atoms with van der Waals surface area (Å²) >= 11 is 0. The van der Waals surface area contributed by atoms with E-state index in [0.29, 0.717) is 6.42 Å². The van der Waals surface area contributed by atoms with E-state index in [9.17, 15) is 14.4 Å². The second-order valence-corrected chi connectivity index (χ2v) is 8.08. The second-order valence-electron chi connectivity index (χ2n) is 8.08. The minimum absolute atomic E-state index is 0.0340. The highest BCUT2D eigenvalue weighted by molar-refractivity contribution is 5.94. The predicted octanol–water partition coefficient (Wildman–Crippen LogP) is 1.90. The van der Waals surface area contributed by atoms with Gasteiger partial charge in [0.2, 0.25) is 5.91 Å². The molecule has 1 atom stereocenters. The van der Waals surface area contributed by atoms with Crippen LogP contribution in [-0.4, -0.2) is 54.5 Å². The Hall–Kier alpha value is -3.09. The van der Waals surface area contributed by atoms with Crippen molar-refractivity contribution in [2.75, 3.05) is 32.1 Å². The lowest BCUT2D eigenvalue weighted by atomic mass is 10.1. The summed E-state index contributed by atoms with van der Waals surface area (Å²) in [7, 11) is 3.98. The average Bonchev–Trinajstić information content (AvgIpc) is 3.24. The van der Waals surface area contributed by atoms with Crippen molar-refractivity contribution in [2.45, 2.75) is 38.8 Å². The highest BCUT2D eigenvalue weighted by Crippen LogP contribution is 2.13. The molecule has 160 valence electrons. The summed E-state index contributed by atoms with van der Waals surface area (Å²) in [5.74, 6) is -0.498. The van der Waals surface area contributed by atoms with Gasteiger partial charge in [0.05, 0.1) is 0 Å². The zero-order valence-electron chi connectivity index (χ0n) is 17.9. The molecule has 7 heteroatoms. The molecule has 1 saturated heterocycles. The monoisotopic (exact) mass is 410 g/mol. The molecule has 7 nitrogen and oxygen atoms in total. The van der Waals surface area contributed by atoms with Crippen molar-refractivity contribution < 1.29 is 9.59 Å². The first-order chi connectivity index (χ1) is 14.3. The van der Waals surface area contributed by atoms with Crippen molar-refractivity contribution in [1.29, 1.82) is 0 Å². The Balaban J connectivity index is 1.63. The van der Waals surface area contributed by atoms with Gasteiger partial charge in [0.1, 0.15) is 12.1 Å². The number of pyridine rings is 1. The van der Waals surface area contributed by atoms with E-state index >= 15 is 0 Å². The van der Waals surface area contributed by atoms with Gasteiger partial charge < -0.3 is 19.7 Å². The zero-order chi connectivity index (χ0) is 21.7. The van der Waals surface area contributed by atoms with Crippen molar-refractivity contribution in [1.82, 2.24) is 14.8 Å². The van der Waals surface area contributed by atoms with Crippen LogP contribution in [0.3, 0.4) is 0 Å². The van der Waals surface area contributed by atoms with Crippen molar-refractivity contribution in [3.05, 3.63) is 64.1 Å². The van der Waals surface area contributed by atoms with Crippen molar-refractivity contribution >= 4 is 17.5 Å². The van der Waals surface area contributed by atoms with Crippen molar-refractivity contribution in [3.8, 4) is 0 Å². The SMILES string of the molecule is C[C@H](Cc1ccc(N(C)C)cc1)NC(=O)c1cccn(CC(=O)N2CCCC2)c1=O. The van der Waals surface area contributed by atoms with Crippen LogP contribution in [0.25, 0.3) is 0 Å². The Labute approximate surface area is 177 Å². The van der Waals surface area contributed by atoms with Crippen LogP contribution in [0.5, 0.6) is 0 Å². The molecule has 0 unspecified atom stereocenters. The van der Waals surface area contributed by atoms with Crippen LogP contribution in [0.4, 0.5) is 5.69 Å². The van der Waals surface area contributed by atoms with Gasteiger partial charge in [0, 0.05) is 45.1 Å². The maximum Gasteiger partial charge on any atom is 0.263 e. The Morgan fingerprint density at radius 2 is 1.77 bits per heavy atom. The average molecular weight is 411 g/mol. The molecule has 0 radical (unpaired) electrons. The van der Waals surface area contributed by atoms with E-state index < -0.39 is 11.5 Å². The predicted molar refractivity (Wildman–Crippen MR) is 118 cm³/mol.